The van der Waals surface area contributed by atoms with Gasteiger partial charge < -0.3 is 11.5 Å². The largest absolute Gasteiger partial charge is 0.326 e. The summed E-state index contributed by atoms with van der Waals surface area (Å²) in [7, 11) is 0. The molecular weight excluding hydrogens is 196 g/mol. The Morgan fingerprint density at radius 3 is 1.12 bits per heavy atom. The second-order valence-corrected chi connectivity index (χ2v) is 3.33. The van der Waals surface area contributed by atoms with Crippen LogP contribution in [0.4, 0.5) is 0 Å². The van der Waals surface area contributed by atoms with Gasteiger partial charge in [-0.25, -0.2) is 0 Å². The third-order valence-electron chi connectivity index (χ3n) is 2.22. The molecule has 0 radical (unpaired) electrons. The van der Waals surface area contributed by atoms with E-state index in [1.807, 2.05) is 60.7 Å². The fourth-order valence-corrected chi connectivity index (χ4v) is 1.34. The molecule has 0 fully saturated rings. The molecule has 0 heterocycles. The van der Waals surface area contributed by atoms with Crippen molar-refractivity contribution >= 4 is 0 Å². The minimum atomic E-state index is 0.577. The van der Waals surface area contributed by atoms with Gasteiger partial charge in [0.05, 0.1) is 0 Å². The summed E-state index contributed by atoms with van der Waals surface area (Å²) in [6.45, 7) is 1.15. The summed E-state index contributed by atoms with van der Waals surface area (Å²) in [4.78, 5) is 0. The first kappa shape index (κ1) is 12.4. The Morgan fingerprint density at radius 1 is 0.562 bits per heavy atom. The Hall–Kier alpha value is -1.64. The van der Waals surface area contributed by atoms with Gasteiger partial charge in [0.1, 0.15) is 0 Å². The second kappa shape index (κ2) is 7.63. The van der Waals surface area contributed by atoms with Crippen LogP contribution in [0.25, 0.3) is 0 Å². The van der Waals surface area contributed by atoms with Crippen LogP contribution in [0.2, 0.25) is 0 Å². The van der Waals surface area contributed by atoms with Crippen LogP contribution in [0.3, 0.4) is 0 Å². The fraction of sp³-hybridized carbons (Fsp3) is 0.143. The lowest BCUT2D eigenvalue weighted by atomic mass is 10.1. The van der Waals surface area contributed by atoms with Crippen LogP contribution in [-0.2, 0) is 13.1 Å². The van der Waals surface area contributed by atoms with Gasteiger partial charge in [-0.2, -0.15) is 0 Å². The maximum atomic E-state index is 5.47. The average molecular weight is 214 g/mol. The zero-order chi connectivity index (χ0) is 11.6. The van der Waals surface area contributed by atoms with Gasteiger partial charge in [-0.3, -0.25) is 0 Å². The molecule has 84 valence electrons. The van der Waals surface area contributed by atoms with Crippen LogP contribution in [0.15, 0.2) is 60.7 Å². The number of hydrogen-bond acceptors (Lipinski definition) is 2. The van der Waals surface area contributed by atoms with Crippen LogP contribution in [0.1, 0.15) is 11.1 Å². The smallest absolute Gasteiger partial charge is 0.0181 e. The number of benzene rings is 2. The Kier molecular flexibility index (Phi) is 5.92. The van der Waals surface area contributed by atoms with Gasteiger partial charge in [0.25, 0.3) is 0 Å². The molecule has 16 heavy (non-hydrogen) atoms. The third kappa shape index (κ3) is 4.26. The molecule has 0 aliphatic heterocycles. The summed E-state index contributed by atoms with van der Waals surface area (Å²) in [6.07, 6.45) is 0. The van der Waals surface area contributed by atoms with Crippen molar-refractivity contribution < 1.29 is 0 Å². The molecule has 0 spiro atoms. The van der Waals surface area contributed by atoms with E-state index in [-0.39, 0.29) is 0 Å². The van der Waals surface area contributed by atoms with E-state index in [9.17, 15) is 0 Å². The SMILES string of the molecule is NCc1ccccc1CN.c1ccccc1. The molecule has 0 amide bonds. The molecule has 2 aromatic rings. The van der Waals surface area contributed by atoms with Gasteiger partial charge in [-0.1, -0.05) is 60.7 Å². The summed E-state index contributed by atoms with van der Waals surface area (Å²) >= 11 is 0. The predicted octanol–water partition coefficient (Wildman–Crippen LogP) is 2.29. The lowest BCUT2D eigenvalue weighted by Gasteiger charge is -2.02. The lowest BCUT2D eigenvalue weighted by molar-refractivity contribution is 0.980. The Balaban J connectivity index is 0.000000181. The zero-order valence-corrected chi connectivity index (χ0v) is 9.34. The highest BCUT2D eigenvalue weighted by atomic mass is 14.6. The quantitative estimate of drug-likeness (QED) is 0.806. The Labute approximate surface area is 96.9 Å². The van der Waals surface area contributed by atoms with Gasteiger partial charge >= 0.3 is 0 Å². The van der Waals surface area contributed by atoms with Gasteiger partial charge in [0.15, 0.2) is 0 Å². The van der Waals surface area contributed by atoms with E-state index in [1.54, 1.807) is 0 Å². The summed E-state index contributed by atoms with van der Waals surface area (Å²) in [5.74, 6) is 0. The fourth-order valence-electron chi connectivity index (χ4n) is 1.34. The van der Waals surface area contributed by atoms with Crippen molar-refractivity contribution in [1.82, 2.24) is 0 Å². The molecule has 0 atom stereocenters. The summed E-state index contributed by atoms with van der Waals surface area (Å²) in [5, 5.41) is 0. The molecule has 0 saturated carbocycles. The second-order valence-electron chi connectivity index (χ2n) is 3.33. The molecule has 0 aromatic heterocycles. The summed E-state index contributed by atoms with van der Waals surface area (Å²) < 4.78 is 0. The normalized spacial score (nSPS) is 9.12. The van der Waals surface area contributed by atoms with Crippen LogP contribution in [0, 0.1) is 0 Å². The van der Waals surface area contributed by atoms with Crippen LogP contribution >= 0.6 is 0 Å². The Morgan fingerprint density at radius 2 is 0.875 bits per heavy atom. The first-order chi connectivity index (χ1) is 7.88. The topological polar surface area (TPSA) is 52.0 Å². The van der Waals surface area contributed by atoms with Gasteiger partial charge in [-0.05, 0) is 11.1 Å². The van der Waals surface area contributed by atoms with Crippen molar-refractivity contribution in [1.29, 1.82) is 0 Å². The first-order valence-corrected chi connectivity index (χ1v) is 5.35. The van der Waals surface area contributed by atoms with Gasteiger partial charge in [-0.15, -0.1) is 0 Å². The van der Waals surface area contributed by atoms with Crippen molar-refractivity contribution in [2.24, 2.45) is 11.5 Å². The zero-order valence-electron chi connectivity index (χ0n) is 9.34. The van der Waals surface area contributed by atoms with Crippen LogP contribution in [0.5, 0.6) is 0 Å². The molecule has 2 rings (SSSR count). The summed E-state index contributed by atoms with van der Waals surface area (Å²) in [5.41, 5.74) is 13.2. The van der Waals surface area contributed by atoms with Crippen molar-refractivity contribution in [3.05, 3.63) is 71.8 Å². The number of nitrogens with two attached hydrogens (primary N) is 2. The van der Waals surface area contributed by atoms with Crippen LogP contribution < -0.4 is 11.5 Å². The van der Waals surface area contributed by atoms with E-state index < -0.39 is 0 Å². The molecule has 2 nitrogen and oxygen atoms in total. The minimum Gasteiger partial charge on any atom is -0.326 e. The van der Waals surface area contributed by atoms with E-state index in [1.165, 1.54) is 0 Å². The highest BCUT2D eigenvalue weighted by Crippen LogP contribution is 2.05. The first-order valence-electron chi connectivity index (χ1n) is 5.35. The van der Waals surface area contributed by atoms with E-state index in [0.29, 0.717) is 13.1 Å². The molecule has 0 aliphatic rings. The average Bonchev–Trinajstić information content (AvgIpc) is 2.41. The standard InChI is InChI=1S/C8H12N2.C6H6/c9-5-7-3-1-2-4-8(7)6-10;1-2-4-6-5-3-1/h1-4H,5-6,9-10H2;1-6H. The van der Waals surface area contributed by atoms with E-state index in [2.05, 4.69) is 0 Å². The number of hydrogen-bond donors (Lipinski definition) is 2. The molecule has 2 heteroatoms. The van der Waals surface area contributed by atoms with Crippen molar-refractivity contribution in [3.63, 3.8) is 0 Å². The Bertz CT molecular complexity index is 335. The monoisotopic (exact) mass is 214 g/mol. The van der Waals surface area contributed by atoms with Gasteiger partial charge in [0.2, 0.25) is 0 Å². The maximum absolute atomic E-state index is 5.47. The molecule has 0 aliphatic carbocycles. The molecule has 0 unspecified atom stereocenters. The highest BCUT2D eigenvalue weighted by Gasteiger charge is 1.94. The van der Waals surface area contributed by atoms with Crippen molar-refractivity contribution in [2.75, 3.05) is 0 Å². The molecule has 2 aromatic carbocycles. The van der Waals surface area contributed by atoms with E-state index in [0.717, 1.165) is 11.1 Å². The van der Waals surface area contributed by atoms with Crippen LogP contribution in [-0.4, -0.2) is 0 Å². The summed E-state index contributed by atoms with van der Waals surface area (Å²) in [6, 6.07) is 20.0. The molecule has 0 saturated heterocycles. The maximum Gasteiger partial charge on any atom is 0.0181 e. The predicted molar refractivity (Wildman–Crippen MR) is 68.7 cm³/mol. The van der Waals surface area contributed by atoms with E-state index in [4.69, 9.17) is 11.5 Å². The molecule has 0 bridgehead atoms. The molecule has 4 N–H and O–H groups in total. The lowest BCUT2D eigenvalue weighted by Crippen LogP contribution is -2.05. The van der Waals surface area contributed by atoms with Crippen molar-refractivity contribution in [2.45, 2.75) is 13.1 Å². The highest BCUT2D eigenvalue weighted by molar-refractivity contribution is 5.26. The van der Waals surface area contributed by atoms with E-state index >= 15 is 0 Å². The van der Waals surface area contributed by atoms with Gasteiger partial charge in [0, 0.05) is 13.1 Å². The molecular formula is C14H18N2. The minimum absolute atomic E-state index is 0.577. The van der Waals surface area contributed by atoms with Crippen molar-refractivity contribution in [3.8, 4) is 0 Å². The number of rotatable bonds is 2. The third-order valence-corrected chi connectivity index (χ3v) is 2.22.